The Morgan fingerprint density at radius 3 is 2.18 bits per heavy atom. The number of carbonyl (C=O) groups excluding carboxylic acids is 1. The van der Waals surface area contributed by atoms with Crippen LogP contribution in [0, 0.1) is 5.92 Å². The van der Waals surface area contributed by atoms with Crippen LogP contribution in [-0.2, 0) is 11.2 Å². The molecule has 1 heterocycles. The van der Waals surface area contributed by atoms with Gasteiger partial charge in [-0.15, -0.1) is 11.3 Å². The molecule has 34 heavy (non-hydrogen) atoms. The summed E-state index contributed by atoms with van der Waals surface area (Å²) in [5.74, 6) is 0.0436. The summed E-state index contributed by atoms with van der Waals surface area (Å²) in [6.45, 7) is 2.07. The molecule has 4 rings (SSSR count). The first-order valence-electron chi connectivity index (χ1n) is 11.6. The average molecular weight is 470 g/mol. The van der Waals surface area contributed by atoms with E-state index in [2.05, 4.69) is 66.4 Å². The summed E-state index contributed by atoms with van der Waals surface area (Å²) in [7, 11) is 5.92. The quantitative estimate of drug-likeness (QED) is 0.286. The Morgan fingerprint density at radius 1 is 0.882 bits per heavy atom. The normalized spacial score (nSPS) is 11.8. The van der Waals surface area contributed by atoms with Crippen molar-refractivity contribution in [3.63, 3.8) is 0 Å². The molecule has 4 nitrogen and oxygen atoms in total. The summed E-state index contributed by atoms with van der Waals surface area (Å²) in [6.07, 6.45) is 1.53. The van der Waals surface area contributed by atoms with Crippen molar-refractivity contribution in [2.45, 2.75) is 19.8 Å². The fourth-order valence-corrected chi connectivity index (χ4v) is 4.91. The van der Waals surface area contributed by atoms with Crippen LogP contribution in [0.25, 0.3) is 22.4 Å². The predicted molar refractivity (Wildman–Crippen MR) is 145 cm³/mol. The van der Waals surface area contributed by atoms with Crippen LogP contribution >= 0.6 is 11.3 Å². The first-order chi connectivity index (χ1) is 16.5. The molecule has 0 bridgehead atoms. The number of carbonyl (C=O) groups is 1. The summed E-state index contributed by atoms with van der Waals surface area (Å²) in [5, 5.41) is 2.77. The van der Waals surface area contributed by atoms with Gasteiger partial charge in [0.2, 0.25) is 5.91 Å². The lowest BCUT2D eigenvalue weighted by atomic mass is 9.96. The maximum absolute atomic E-state index is 13.3. The predicted octanol–water partition coefficient (Wildman–Crippen LogP) is 6.77. The maximum atomic E-state index is 13.3. The second-order valence-corrected chi connectivity index (χ2v) is 9.53. The van der Waals surface area contributed by atoms with E-state index < -0.39 is 0 Å². The lowest BCUT2D eigenvalue weighted by Gasteiger charge is -2.21. The SMILES string of the molecule is CC[C@H](Cc1ccccc1)C(=O)N(C)c1nc(-c2ccccc2-c2ccc(N(C)C)cc2)cs1. The molecule has 4 aromatic rings. The van der Waals surface area contributed by atoms with Crippen molar-refractivity contribution < 1.29 is 4.79 Å². The number of amides is 1. The molecule has 1 aromatic heterocycles. The van der Waals surface area contributed by atoms with Gasteiger partial charge in [-0.2, -0.15) is 0 Å². The van der Waals surface area contributed by atoms with E-state index in [0.717, 1.165) is 40.4 Å². The van der Waals surface area contributed by atoms with Gasteiger partial charge in [-0.05, 0) is 41.7 Å². The third kappa shape index (κ3) is 5.20. The van der Waals surface area contributed by atoms with Gasteiger partial charge >= 0.3 is 0 Å². The van der Waals surface area contributed by atoms with Gasteiger partial charge in [-0.1, -0.05) is 73.7 Å². The van der Waals surface area contributed by atoms with Crippen LogP contribution in [0.1, 0.15) is 18.9 Å². The zero-order valence-corrected chi connectivity index (χ0v) is 21.0. The highest BCUT2D eigenvalue weighted by molar-refractivity contribution is 7.14. The van der Waals surface area contributed by atoms with Gasteiger partial charge in [0.1, 0.15) is 0 Å². The molecule has 0 aliphatic carbocycles. The summed E-state index contributed by atoms with van der Waals surface area (Å²) >= 11 is 1.51. The fourth-order valence-electron chi connectivity index (χ4n) is 4.11. The minimum Gasteiger partial charge on any atom is -0.378 e. The van der Waals surface area contributed by atoms with Gasteiger partial charge in [-0.3, -0.25) is 9.69 Å². The van der Waals surface area contributed by atoms with E-state index >= 15 is 0 Å². The van der Waals surface area contributed by atoms with E-state index in [9.17, 15) is 4.79 Å². The van der Waals surface area contributed by atoms with Crippen molar-refractivity contribution in [2.75, 3.05) is 30.9 Å². The van der Waals surface area contributed by atoms with E-state index in [0.29, 0.717) is 0 Å². The molecule has 0 saturated heterocycles. The number of hydrogen-bond acceptors (Lipinski definition) is 4. The summed E-state index contributed by atoms with van der Waals surface area (Å²) in [5.41, 5.74) is 6.59. The number of nitrogens with zero attached hydrogens (tertiary/aromatic N) is 3. The van der Waals surface area contributed by atoms with Crippen LogP contribution in [0.3, 0.4) is 0 Å². The minimum atomic E-state index is -0.0674. The van der Waals surface area contributed by atoms with Crippen LogP contribution < -0.4 is 9.80 Å². The molecule has 174 valence electrons. The molecule has 0 spiro atoms. The molecule has 5 heteroatoms. The Labute approximate surface area is 206 Å². The molecule has 0 radical (unpaired) electrons. The molecule has 0 N–H and O–H groups in total. The van der Waals surface area contributed by atoms with Gasteiger partial charge in [0, 0.05) is 43.7 Å². The van der Waals surface area contributed by atoms with Gasteiger partial charge in [0.25, 0.3) is 0 Å². The highest BCUT2D eigenvalue weighted by Gasteiger charge is 2.24. The summed E-state index contributed by atoms with van der Waals surface area (Å²) in [6, 6.07) is 27.1. The van der Waals surface area contributed by atoms with Crippen molar-refractivity contribution in [3.05, 3.63) is 89.8 Å². The topological polar surface area (TPSA) is 36.4 Å². The number of aromatic nitrogens is 1. The fraction of sp³-hybridized carbons (Fsp3) is 0.241. The van der Waals surface area contributed by atoms with Crippen LogP contribution in [-0.4, -0.2) is 32.0 Å². The van der Waals surface area contributed by atoms with E-state index in [1.807, 2.05) is 50.8 Å². The first kappa shape index (κ1) is 23.7. The third-order valence-electron chi connectivity index (χ3n) is 6.17. The van der Waals surface area contributed by atoms with Gasteiger partial charge in [0.15, 0.2) is 5.13 Å². The van der Waals surface area contributed by atoms with Crippen molar-refractivity contribution in [1.29, 1.82) is 0 Å². The number of rotatable bonds is 8. The van der Waals surface area contributed by atoms with Crippen LogP contribution in [0.2, 0.25) is 0 Å². The molecule has 0 aliphatic rings. The number of thiazole rings is 1. The standard InChI is InChI=1S/C29H31N3OS/c1-5-22(19-21-11-7-6-8-12-21)28(33)32(4)29-30-27(20-34-29)26-14-10-9-13-25(26)23-15-17-24(18-16-23)31(2)3/h6-18,20,22H,5,19H2,1-4H3/t22-/m1/s1. The lowest BCUT2D eigenvalue weighted by molar-refractivity contribution is -0.122. The minimum absolute atomic E-state index is 0.0674. The van der Waals surface area contributed by atoms with E-state index in [1.165, 1.54) is 22.6 Å². The second-order valence-electron chi connectivity index (χ2n) is 8.69. The highest BCUT2D eigenvalue weighted by Crippen LogP contribution is 2.35. The van der Waals surface area contributed by atoms with Crippen molar-refractivity contribution >= 4 is 28.1 Å². The molecular weight excluding hydrogens is 438 g/mol. The monoisotopic (exact) mass is 469 g/mol. The molecular formula is C29H31N3OS. The van der Waals surface area contributed by atoms with Crippen molar-refractivity contribution in [2.24, 2.45) is 5.92 Å². The van der Waals surface area contributed by atoms with Crippen molar-refractivity contribution in [1.82, 2.24) is 4.98 Å². The maximum Gasteiger partial charge on any atom is 0.231 e. The number of benzene rings is 3. The van der Waals surface area contributed by atoms with Gasteiger partial charge in [0.05, 0.1) is 5.69 Å². The average Bonchev–Trinajstić information content (AvgIpc) is 3.37. The third-order valence-corrected chi connectivity index (χ3v) is 7.09. The first-order valence-corrected chi connectivity index (χ1v) is 12.5. The zero-order valence-electron chi connectivity index (χ0n) is 20.2. The van der Waals surface area contributed by atoms with Crippen LogP contribution in [0.5, 0.6) is 0 Å². The number of anilines is 2. The van der Waals surface area contributed by atoms with Crippen LogP contribution in [0.15, 0.2) is 84.2 Å². The van der Waals surface area contributed by atoms with Gasteiger partial charge in [-0.25, -0.2) is 4.98 Å². The molecule has 0 aliphatic heterocycles. The van der Waals surface area contributed by atoms with Crippen LogP contribution in [0.4, 0.5) is 10.8 Å². The molecule has 0 unspecified atom stereocenters. The zero-order chi connectivity index (χ0) is 24.1. The van der Waals surface area contributed by atoms with E-state index in [4.69, 9.17) is 4.98 Å². The van der Waals surface area contributed by atoms with E-state index in [1.54, 1.807) is 4.90 Å². The lowest BCUT2D eigenvalue weighted by Crippen LogP contribution is -2.33. The summed E-state index contributed by atoms with van der Waals surface area (Å²) < 4.78 is 0. The Morgan fingerprint density at radius 2 is 1.53 bits per heavy atom. The molecule has 1 atom stereocenters. The Hall–Kier alpha value is -3.44. The van der Waals surface area contributed by atoms with E-state index in [-0.39, 0.29) is 11.8 Å². The van der Waals surface area contributed by atoms with Gasteiger partial charge < -0.3 is 4.90 Å². The Bertz CT molecular complexity index is 1230. The smallest absolute Gasteiger partial charge is 0.231 e. The molecule has 0 fully saturated rings. The molecule has 3 aromatic carbocycles. The highest BCUT2D eigenvalue weighted by atomic mass is 32.1. The Kier molecular flexibility index (Phi) is 7.43. The second kappa shape index (κ2) is 10.7. The number of hydrogen-bond donors (Lipinski definition) is 0. The largest absolute Gasteiger partial charge is 0.378 e. The van der Waals surface area contributed by atoms with Crippen molar-refractivity contribution in [3.8, 4) is 22.4 Å². The summed E-state index contributed by atoms with van der Waals surface area (Å²) in [4.78, 5) is 22.0. The molecule has 1 amide bonds. The molecule has 0 saturated carbocycles. The Balaban J connectivity index is 1.57.